The number of benzene rings is 1. The Labute approximate surface area is 137 Å². The molecule has 3 heterocycles. The molecule has 0 aliphatic rings. The zero-order valence-corrected chi connectivity index (χ0v) is 12.9. The number of aromatic nitrogens is 4. The summed E-state index contributed by atoms with van der Waals surface area (Å²) in [6.45, 7) is 1.34. The van der Waals surface area contributed by atoms with Crippen LogP contribution in [0.15, 0.2) is 41.1 Å². The highest BCUT2D eigenvalue weighted by molar-refractivity contribution is 5.86. The molecule has 0 aliphatic heterocycles. The van der Waals surface area contributed by atoms with Crippen molar-refractivity contribution in [3.8, 4) is 0 Å². The molecule has 0 spiro atoms. The number of nitrogens with one attached hydrogen (secondary N) is 3. The Morgan fingerprint density at radius 3 is 3.08 bits per heavy atom. The van der Waals surface area contributed by atoms with Crippen molar-refractivity contribution in [1.82, 2.24) is 20.2 Å². The summed E-state index contributed by atoms with van der Waals surface area (Å²) in [6, 6.07) is 7.72. The van der Waals surface area contributed by atoms with E-state index in [-0.39, 0.29) is 0 Å². The van der Waals surface area contributed by atoms with E-state index in [9.17, 15) is 0 Å². The standard InChI is InChI=1S/C16H17N7O/c17-5-1-6-18-15-14-12(4-7-24-14)21-16(22-15)20-11-3-2-10-9-19-23-13(10)8-11/h2-4,7-9H,1,5-6,17H2,(H,19,23)(H2,18,20,21,22). The molecule has 0 fully saturated rings. The van der Waals surface area contributed by atoms with Crippen molar-refractivity contribution in [3.05, 3.63) is 36.7 Å². The van der Waals surface area contributed by atoms with Gasteiger partial charge in [0.05, 0.1) is 18.0 Å². The topological polar surface area (TPSA) is 118 Å². The molecule has 0 saturated carbocycles. The summed E-state index contributed by atoms with van der Waals surface area (Å²) in [7, 11) is 0. The van der Waals surface area contributed by atoms with E-state index in [1.165, 1.54) is 0 Å². The Hall–Kier alpha value is -3.13. The minimum Gasteiger partial charge on any atom is -0.459 e. The fourth-order valence-electron chi connectivity index (χ4n) is 2.49. The van der Waals surface area contributed by atoms with Crippen LogP contribution in [0.25, 0.3) is 22.0 Å². The van der Waals surface area contributed by atoms with Crippen LogP contribution >= 0.6 is 0 Å². The highest BCUT2D eigenvalue weighted by Gasteiger charge is 2.11. The predicted molar refractivity (Wildman–Crippen MR) is 93.3 cm³/mol. The SMILES string of the molecule is NCCCNc1nc(Nc2ccc3cn[nH]c3c2)nc2ccoc12. The molecule has 0 atom stereocenters. The number of hydrogen-bond donors (Lipinski definition) is 4. The molecule has 4 aromatic rings. The first-order chi connectivity index (χ1) is 11.8. The number of aromatic amines is 1. The Balaban J connectivity index is 1.65. The van der Waals surface area contributed by atoms with Crippen LogP contribution in [0.5, 0.6) is 0 Å². The fourth-order valence-corrected chi connectivity index (χ4v) is 2.49. The van der Waals surface area contributed by atoms with Crippen molar-refractivity contribution in [2.75, 3.05) is 23.7 Å². The third-order valence-corrected chi connectivity index (χ3v) is 3.67. The van der Waals surface area contributed by atoms with Crippen molar-refractivity contribution < 1.29 is 4.42 Å². The highest BCUT2D eigenvalue weighted by atomic mass is 16.3. The number of fused-ring (bicyclic) bond motifs is 2. The Morgan fingerprint density at radius 1 is 1.21 bits per heavy atom. The van der Waals surface area contributed by atoms with Gasteiger partial charge in [-0.25, -0.2) is 4.98 Å². The molecule has 122 valence electrons. The monoisotopic (exact) mass is 323 g/mol. The molecule has 0 saturated heterocycles. The van der Waals surface area contributed by atoms with Gasteiger partial charge in [0.25, 0.3) is 0 Å². The fraction of sp³-hybridized carbons (Fsp3) is 0.188. The minimum absolute atomic E-state index is 0.498. The summed E-state index contributed by atoms with van der Waals surface area (Å²) in [4.78, 5) is 8.99. The molecule has 8 nitrogen and oxygen atoms in total. The molecular formula is C16H17N7O. The molecule has 5 N–H and O–H groups in total. The van der Waals surface area contributed by atoms with Crippen LogP contribution in [0.2, 0.25) is 0 Å². The maximum absolute atomic E-state index is 5.54. The summed E-state index contributed by atoms with van der Waals surface area (Å²) in [5, 5.41) is 14.5. The van der Waals surface area contributed by atoms with E-state index in [1.807, 2.05) is 24.3 Å². The van der Waals surface area contributed by atoms with Gasteiger partial charge in [0.15, 0.2) is 11.4 Å². The van der Waals surface area contributed by atoms with Gasteiger partial charge in [0.1, 0.15) is 5.52 Å². The van der Waals surface area contributed by atoms with Gasteiger partial charge in [-0.05, 0) is 31.2 Å². The van der Waals surface area contributed by atoms with Crippen LogP contribution in [0.3, 0.4) is 0 Å². The second-order valence-corrected chi connectivity index (χ2v) is 5.40. The van der Waals surface area contributed by atoms with Crippen molar-refractivity contribution >= 4 is 39.5 Å². The summed E-state index contributed by atoms with van der Waals surface area (Å²) in [5.74, 6) is 1.15. The maximum Gasteiger partial charge on any atom is 0.229 e. The van der Waals surface area contributed by atoms with E-state index in [4.69, 9.17) is 10.2 Å². The molecule has 0 amide bonds. The lowest BCUT2D eigenvalue weighted by Gasteiger charge is -2.09. The van der Waals surface area contributed by atoms with E-state index in [0.29, 0.717) is 23.9 Å². The molecule has 0 aliphatic carbocycles. The number of hydrogen-bond acceptors (Lipinski definition) is 7. The predicted octanol–water partition coefficient (Wildman–Crippen LogP) is 2.60. The van der Waals surface area contributed by atoms with Crippen molar-refractivity contribution in [2.45, 2.75) is 6.42 Å². The van der Waals surface area contributed by atoms with Crippen LogP contribution < -0.4 is 16.4 Å². The lowest BCUT2D eigenvalue weighted by atomic mass is 10.2. The van der Waals surface area contributed by atoms with Crippen molar-refractivity contribution in [2.24, 2.45) is 5.73 Å². The molecule has 1 aromatic carbocycles. The van der Waals surface area contributed by atoms with Crippen LogP contribution in [0.1, 0.15) is 6.42 Å². The maximum atomic E-state index is 5.54. The first-order valence-electron chi connectivity index (χ1n) is 7.73. The van der Waals surface area contributed by atoms with E-state index in [0.717, 1.165) is 35.1 Å². The number of nitrogens with zero attached hydrogens (tertiary/aromatic N) is 3. The van der Waals surface area contributed by atoms with Crippen molar-refractivity contribution in [1.29, 1.82) is 0 Å². The van der Waals surface area contributed by atoms with E-state index >= 15 is 0 Å². The lowest BCUT2D eigenvalue weighted by Crippen LogP contribution is -2.10. The first kappa shape index (κ1) is 14.5. The summed E-state index contributed by atoms with van der Waals surface area (Å²) in [5.41, 5.74) is 8.75. The van der Waals surface area contributed by atoms with Gasteiger partial charge in [-0.2, -0.15) is 10.1 Å². The second kappa shape index (κ2) is 6.17. The molecule has 4 rings (SSSR count). The first-order valence-corrected chi connectivity index (χ1v) is 7.73. The van der Waals surface area contributed by atoms with E-state index in [1.54, 1.807) is 12.5 Å². The molecule has 0 radical (unpaired) electrons. The zero-order chi connectivity index (χ0) is 16.4. The molecule has 3 aromatic heterocycles. The zero-order valence-electron chi connectivity index (χ0n) is 12.9. The Kier molecular flexibility index (Phi) is 3.72. The largest absolute Gasteiger partial charge is 0.459 e. The summed E-state index contributed by atoms with van der Waals surface area (Å²) in [6.07, 6.45) is 4.24. The van der Waals surface area contributed by atoms with Crippen LogP contribution in [0.4, 0.5) is 17.5 Å². The third-order valence-electron chi connectivity index (χ3n) is 3.67. The molecule has 0 unspecified atom stereocenters. The van der Waals surface area contributed by atoms with Gasteiger partial charge in [-0.1, -0.05) is 0 Å². The molecule has 8 heteroatoms. The Bertz CT molecular complexity index is 975. The Morgan fingerprint density at radius 2 is 2.17 bits per heavy atom. The number of rotatable bonds is 6. The quantitative estimate of drug-likeness (QED) is 0.403. The number of nitrogens with two attached hydrogens (primary N) is 1. The van der Waals surface area contributed by atoms with Crippen molar-refractivity contribution in [3.63, 3.8) is 0 Å². The average molecular weight is 323 g/mol. The number of furan rings is 1. The van der Waals surface area contributed by atoms with Gasteiger partial charge >= 0.3 is 0 Å². The smallest absolute Gasteiger partial charge is 0.229 e. The van der Waals surface area contributed by atoms with E-state index in [2.05, 4.69) is 30.8 Å². The van der Waals surface area contributed by atoms with Gasteiger partial charge in [0.2, 0.25) is 5.95 Å². The van der Waals surface area contributed by atoms with Gasteiger partial charge < -0.3 is 20.8 Å². The van der Waals surface area contributed by atoms with Crippen LogP contribution in [-0.2, 0) is 0 Å². The van der Waals surface area contributed by atoms with Gasteiger partial charge in [0, 0.05) is 23.7 Å². The second-order valence-electron chi connectivity index (χ2n) is 5.40. The van der Waals surface area contributed by atoms with Crippen LogP contribution in [0, 0.1) is 0 Å². The average Bonchev–Trinajstić information content (AvgIpc) is 3.23. The molecular weight excluding hydrogens is 306 g/mol. The lowest BCUT2D eigenvalue weighted by molar-refractivity contribution is 0.614. The molecule has 0 bridgehead atoms. The molecule has 24 heavy (non-hydrogen) atoms. The van der Waals surface area contributed by atoms with E-state index < -0.39 is 0 Å². The normalized spacial score (nSPS) is 11.2. The number of H-pyrrole nitrogens is 1. The highest BCUT2D eigenvalue weighted by Crippen LogP contribution is 2.25. The van der Waals surface area contributed by atoms with Crippen LogP contribution in [-0.4, -0.2) is 33.3 Å². The van der Waals surface area contributed by atoms with Gasteiger partial charge in [-0.3, -0.25) is 5.10 Å². The van der Waals surface area contributed by atoms with Gasteiger partial charge in [-0.15, -0.1) is 0 Å². The number of anilines is 3. The summed E-state index contributed by atoms with van der Waals surface area (Å²) >= 11 is 0. The third kappa shape index (κ3) is 2.74. The minimum atomic E-state index is 0.498. The summed E-state index contributed by atoms with van der Waals surface area (Å²) < 4.78 is 5.47.